The van der Waals surface area contributed by atoms with Crippen molar-refractivity contribution in [3.8, 4) is 23.3 Å². The molecule has 2 aromatic carbocycles. The lowest BCUT2D eigenvalue weighted by Crippen LogP contribution is -2.81. The molecule has 0 radical (unpaired) electrons. The van der Waals surface area contributed by atoms with Crippen molar-refractivity contribution in [2.75, 3.05) is 34.7 Å². The van der Waals surface area contributed by atoms with Crippen LogP contribution in [0.3, 0.4) is 0 Å². The Morgan fingerprint density at radius 3 is 2.65 bits per heavy atom. The van der Waals surface area contributed by atoms with E-state index in [4.69, 9.17) is 4.74 Å². The number of amides is 1. The summed E-state index contributed by atoms with van der Waals surface area (Å²) >= 11 is 0. The van der Waals surface area contributed by atoms with Crippen LogP contribution in [0.25, 0.3) is 0 Å². The Bertz CT molecular complexity index is 1360. The van der Waals surface area contributed by atoms with Crippen molar-refractivity contribution < 1.29 is 14.6 Å². The molecule has 1 amide bonds. The Morgan fingerprint density at radius 2 is 1.92 bits per heavy atom. The first-order valence-electron chi connectivity index (χ1n) is 13.4. The molecule has 1 spiro atoms. The molecule has 2 fully saturated rings. The van der Waals surface area contributed by atoms with E-state index >= 15 is 0 Å². The van der Waals surface area contributed by atoms with E-state index in [1.807, 2.05) is 25.2 Å². The van der Waals surface area contributed by atoms with E-state index in [1.165, 1.54) is 22.3 Å². The smallest absolute Gasteiger partial charge is 0.298 e. The summed E-state index contributed by atoms with van der Waals surface area (Å²) in [4.78, 5) is 20.2. The van der Waals surface area contributed by atoms with Crippen LogP contribution < -0.4 is 4.74 Å². The minimum Gasteiger partial charge on any atom is -0.504 e. The molecule has 2 aliphatic heterocycles. The van der Waals surface area contributed by atoms with Crippen LogP contribution in [0.1, 0.15) is 47.1 Å². The molecule has 2 heterocycles. The number of likely N-dealkylation sites (tertiary alicyclic amines) is 1. The zero-order chi connectivity index (χ0) is 26.3. The molecule has 1 saturated carbocycles. The summed E-state index contributed by atoms with van der Waals surface area (Å²) in [6, 6.07) is 10.1. The van der Waals surface area contributed by atoms with Gasteiger partial charge in [0.1, 0.15) is 6.10 Å². The fourth-order valence-corrected chi connectivity index (χ4v) is 8.23. The van der Waals surface area contributed by atoms with Crippen molar-refractivity contribution in [2.24, 2.45) is 0 Å². The second-order valence-electron chi connectivity index (χ2n) is 11.8. The highest BCUT2D eigenvalue weighted by atomic mass is 16.5. The number of piperidine rings is 1. The largest absolute Gasteiger partial charge is 0.504 e. The van der Waals surface area contributed by atoms with E-state index in [2.05, 4.69) is 62.7 Å². The molecule has 0 aromatic heterocycles. The van der Waals surface area contributed by atoms with E-state index < -0.39 is 0 Å². The third-order valence-corrected chi connectivity index (χ3v) is 10.1. The third-order valence-electron chi connectivity index (χ3n) is 10.1. The van der Waals surface area contributed by atoms with Gasteiger partial charge in [-0.3, -0.25) is 4.79 Å². The van der Waals surface area contributed by atoms with Gasteiger partial charge in [-0.1, -0.05) is 18.1 Å². The first-order valence-corrected chi connectivity index (χ1v) is 13.4. The third kappa shape index (κ3) is 3.11. The van der Waals surface area contributed by atoms with Gasteiger partial charge >= 0.3 is 0 Å². The van der Waals surface area contributed by atoms with Crippen LogP contribution in [0.15, 0.2) is 30.3 Å². The minimum absolute atomic E-state index is 0.128. The number of nitrogens with zero attached hydrogens (tertiary/aromatic N) is 3. The average molecular weight is 500 g/mol. The SMILES string of the molecule is Cc1ccc(C#CC(=O)N(C)[C@@H]2CC[C@@]3(N(C)C)[C@H]4Cc5ccc(O)c6c5[C@@]3(CCN4C)[C@H]2O6)cc1C. The van der Waals surface area contributed by atoms with Gasteiger partial charge in [0.05, 0.1) is 11.5 Å². The van der Waals surface area contributed by atoms with Crippen molar-refractivity contribution in [3.63, 3.8) is 0 Å². The average Bonchev–Trinajstić information content (AvgIpc) is 3.23. The summed E-state index contributed by atoms with van der Waals surface area (Å²) < 4.78 is 6.76. The molecule has 194 valence electrons. The maximum Gasteiger partial charge on any atom is 0.298 e. The van der Waals surface area contributed by atoms with Crippen LogP contribution in [0.5, 0.6) is 11.5 Å². The second-order valence-corrected chi connectivity index (χ2v) is 11.8. The molecule has 0 unspecified atom stereocenters. The molecule has 6 nitrogen and oxygen atoms in total. The molecule has 4 aliphatic rings. The molecule has 1 N–H and O–H groups in total. The van der Waals surface area contributed by atoms with Gasteiger partial charge in [-0.2, -0.15) is 0 Å². The quantitative estimate of drug-likeness (QED) is 0.643. The highest BCUT2D eigenvalue weighted by molar-refractivity contribution is 5.94. The predicted octanol–water partition coefficient (Wildman–Crippen LogP) is 3.24. The van der Waals surface area contributed by atoms with E-state index in [0.717, 1.165) is 37.8 Å². The van der Waals surface area contributed by atoms with Crippen LogP contribution in [0.2, 0.25) is 0 Å². The number of hydrogen-bond acceptors (Lipinski definition) is 5. The van der Waals surface area contributed by atoms with Gasteiger partial charge in [-0.15, -0.1) is 0 Å². The van der Waals surface area contributed by atoms with E-state index in [1.54, 1.807) is 11.0 Å². The number of aryl methyl sites for hydroxylation is 2. The lowest BCUT2D eigenvalue weighted by molar-refractivity contribution is -0.156. The summed E-state index contributed by atoms with van der Waals surface area (Å²) in [6.07, 6.45) is 3.41. The van der Waals surface area contributed by atoms with Crippen LogP contribution in [0, 0.1) is 25.7 Å². The predicted molar refractivity (Wildman–Crippen MR) is 144 cm³/mol. The van der Waals surface area contributed by atoms with E-state index in [0.29, 0.717) is 11.8 Å². The lowest BCUT2D eigenvalue weighted by atomic mass is 9.46. The van der Waals surface area contributed by atoms with E-state index in [-0.39, 0.29) is 34.8 Å². The zero-order valence-electron chi connectivity index (χ0n) is 22.8. The zero-order valence-corrected chi connectivity index (χ0v) is 22.8. The summed E-state index contributed by atoms with van der Waals surface area (Å²) in [5.41, 5.74) is 5.25. The standard InChI is InChI=1S/C31H37N3O3/c1-19-7-8-21(17-20(19)2)9-12-26(36)34(6)23-13-14-31(32(3)4)25-18-22-10-11-24(35)28-27(22)30(31,29(23)37-28)15-16-33(25)5/h7-8,10-11,17,23,25,29,35H,13-16,18H2,1-6H3/t23-,25-,29+,30+,31-/m1/s1. The molecule has 37 heavy (non-hydrogen) atoms. The number of hydrogen-bond donors (Lipinski definition) is 1. The molecule has 5 atom stereocenters. The number of phenolic OH excluding ortho intramolecular Hbond substituents is 1. The van der Waals surface area contributed by atoms with Gasteiger partial charge in [-0.25, -0.2) is 0 Å². The number of rotatable bonds is 2. The number of benzene rings is 2. The van der Waals surface area contributed by atoms with Crippen LogP contribution >= 0.6 is 0 Å². The van der Waals surface area contributed by atoms with Crippen molar-refractivity contribution in [1.29, 1.82) is 0 Å². The fraction of sp³-hybridized carbons (Fsp3) is 0.516. The lowest BCUT2D eigenvalue weighted by Gasteiger charge is -2.68. The van der Waals surface area contributed by atoms with E-state index in [9.17, 15) is 9.90 Å². The number of phenols is 1. The molecular weight excluding hydrogens is 462 g/mol. The maximum atomic E-state index is 13.4. The maximum absolute atomic E-state index is 13.4. The summed E-state index contributed by atoms with van der Waals surface area (Å²) in [7, 11) is 8.50. The molecule has 2 aliphatic carbocycles. The highest BCUT2D eigenvalue weighted by Gasteiger charge is 2.74. The molecule has 2 aromatic rings. The van der Waals surface area contributed by atoms with Crippen LogP contribution in [0.4, 0.5) is 0 Å². The number of carbonyl (C=O) groups excluding carboxylic acids is 1. The number of aromatic hydroxyl groups is 1. The normalized spacial score (nSPS) is 31.3. The Hall–Kier alpha value is -3.01. The van der Waals surface area contributed by atoms with Gasteiger partial charge in [0.25, 0.3) is 5.91 Å². The Kier molecular flexibility index (Phi) is 5.42. The minimum atomic E-state index is -0.297. The Labute approximate surface area is 220 Å². The first-order chi connectivity index (χ1) is 17.6. The van der Waals surface area contributed by atoms with Crippen molar-refractivity contribution in [3.05, 3.63) is 58.1 Å². The van der Waals surface area contributed by atoms with Gasteiger partial charge in [0.2, 0.25) is 0 Å². The number of likely N-dealkylation sites (N-methyl/N-ethyl adjacent to an activating group) is 3. The van der Waals surface area contributed by atoms with Crippen LogP contribution in [-0.2, 0) is 16.6 Å². The molecule has 6 heteroatoms. The fourth-order valence-electron chi connectivity index (χ4n) is 8.23. The van der Waals surface area contributed by atoms with Gasteiger partial charge < -0.3 is 24.5 Å². The van der Waals surface area contributed by atoms with Gasteiger partial charge in [0, 0.05) is 35.7 Å². The monoisotopic (exact) mass is 499 g/mol. The second kappa shape index (κ2) is 8.24. The van der Waals surface area contributed by atoms with Crippen molar-refractivity contribution in [1.82, 2.24) is 14.7 Å². The van der Waals surface area contributed by atoms with Crippen molar-refractivity contribution in [2.45, 2.75) is 68.7 Å². The summed E-state index contributed by atoms with van der Waals surface area (Å²) in [5.74, 6) is 6.62. The highest BCUT2D eigenvalue weighted by Crippen LogP contribution is 2.66. The number of ether oxygens (including phenoxy) is 1. The molecule has 1 saturated heterocycles. The molecule has 6 rings (SSSR count). The Morgan fingerprint density at radius 1 is 1.14 bits per heavy atom. The van der Waals surface area contributed by atoms with Crippen LogP contribution in [-0.4, -0.2) is 84.2 Å². The first kappa shape index (κ1) is 24.3. The van der Waals surface area contributed by atoms with Gasteiger partial charge in [-0.05, 0) is 102 Å². The molecule has 2 bridgehead atoms. The van der Waals surface area contributed by atoms with Gasteiger partial charge in [0.15, 0.2) is 11.5 Å². The Balaban J connectivity index is 1.42. The number of carbonyl (C=O) groups is 1. The topological polar surface area (TPSA) is 56.2 Å². The summed E-state index contributed by atoms with van der Waals surface area (Å²) in [6.45, 7) is 5.10. The summed E-state index contributed by atoms with van der Waals surface area (Å²) in [5, 5.41) is 10.9. The van der Waals surface area contributed by atoms with Crippen molar-refractivity contribution >= 4 is 5.91 Å². The molecular formula is C31H37N3O3.